The molecular weight excluding hydrogens is 354 g/mol. The van der Waals surface area contributed by atoms with Crippen LogP contribution < -0.4 is 10.6 Å². The Bertz CT molecular complexity index is 468. The lowest BCUT2D eigenvalue weighted by Crippen LogP contribution is -2.40. The summed E-state index contributed by atoms with van der Waals surface area (Å²) in [5.41, 5.74) is -0.0370. The quantitative estimate of drug-likeness (QED) is 0.212. The highest BCUT2D eigenvalue weighted by Crippen LogP contribution is 2.44. The van der Waals surface area contributed by atoms with Gasteiger partial charge in [0, 0.05) is 39.8 Å². The number of unbranched alkanes of at least 4 members (excludes halogenated alkanes) is 3. The predicted octanol–water partition coefficient (Wildman–Crippen LogP) is 4.04. The van der Waals surface area contributed by atoms with Crippen molar-refractivity contribution in [3.8, 4) is 0 Å². The van der Waals surface area contributed by atoms with Crippen LogP contribution >= 0.6 is 0 Å². The Balaban J connectivity index is 2.20. The largest absolute Gasteiger partial charge is 0.460 e. The second-order valence-electron chi connectivity index (χ2n) is 8.97. The predicted molar refractivity (Wildman–Crippen MR) is 116 cm³/mol. The molecule has 1 aliphatic rings. The third-order valence-corrected chi connectivity index (χ3v) is 5.19. The fourth-order valence-corrected chi connectivity index (χ4v) is 3.42. The van der Waals surface area contributed by atoms with Crippen molar-refractivity contribution < 1.29 is 14.3 Å². The summed E-state index contributed by atoms with van der Waals surface area (Å²) >= 11 is 0. The van der Waals surface area contributed by atoms with Gasteiger partial charge in [-0.05, 0) is 65.2 Å². The number of nitrogens with zero attached hydrogens (tertiary/aromatic N) is 1. The summed E-state index contributed by atoms with van der Waals surface area (Å²) in [5.74, 6) is 0.825. The van der Waals surface area contributed by atoms with Crippen LogP contribution in [0, 0.1) is 5.41 Å². The number of methoxy groups -OCH3 is 1. The highest BCUT2D eigenvalue weighted by atomic mass is 16.6. The number of rotatable bonds is 13. The first kappa shape index (κ1) is 24.7. The van der Waals surface area contributed by atoms with E-state index in [1.807, 2.05) is 20.8 Å². The van der Waals surface area contributed by atoms with E-state index in [0.29, 0.717) is 11.8 Å². The van der Waals surface area contributed by atoms with Gasteiger partial charge in [-0.15, -0.1) is 0 Å². The molecule has 1 rings (SSSR count). The zero-order valence-electron chi connectivity index (χ0n) is 18.9. The first-order valence-corrected chi connectivity index (χ1v) is 11.0. The molecule has 0 radical (unpaired) electrons. The van der Waals surface area contributed by atoms with Crippen LogP contribution in [-0.2, 0) is 14.3 Å². The van der Waals surface area contributed by atoms with E-state index in [2.05, 4.69) is 17.6 Å². The molecule has 28 heavy (non-hydrogen) atoms. The van der Waals surface area contributed by atoms with Gasteiger partial charge < -0.3 is 20.1 Å². The van der Waals surface area contributed by atoms with Crippen LogP contribution in [-0.4, -0.2) is 50.9 Å². The summed E-state index contributed by atoms with van der Waals surface area (Å²) in [4.78, 5) is 16.5. The normalized spacial score (nSPS) is 16.4. The summed E-state index contributed by atoms with van der Waals surface area (Å²) < 4.78 is 10.6. The summed E-state index contributed by atoms with van der Waals surface area (Å²) in [7, 11) is 1.77. The number of hydrogen-bond donors (Lipinski definition) is 2. The zero-order valence-corrected chi connectivity index (χ0v) is 18.9. The van der Waals surface area contributed by atoms with Gasteiger partial charge in [0.2, 0.25) is 0 Å². The number of nitrogens with one attached hydrogen (secondary N) is 2. The Kier molecular flexibility index (Phi) is 11.5. The molecule has 0 amide bonds. The van der Waals surface area contributed by atoms with E-state index in [-0.39, 0.29) is 11.6 Å². The minimum atomic E-state index is -0.384. The van der Waals surface area contributed by atoms with Crippen molar-refractivity contribution in [1.82, 2.24) is 10.6 Å². The average molecular weight is 398 g/mol. The highest BCUT2D eigenvalue weighted by Gasteiger charge is 2.36. The lowest BCUT2D eigenvalue weighted by atomic mass is 9.67. The maximum absolute atomic E-state index is 11.7. The Morgan fingerprint density at radius 2 is 1.82 bits per heavy atom. The van der Waals surface area contributed by atoms with E-state index in [1.54, 1.807) is 7.11 Å². The molecule has 2 N–H and O–H groups in total. The van der Waals surface area contributed by atoms with Crippen LogP contribution in [0.1, 0.15) is 85.5 Å². The fraction of sp³-hybridized carbons (Fsp3) is 0.909. The molecule has 0 aromatic carbocycles. The van der Waals surface area contributed by atoms with Gasteiger partial charge in [-0.2, -0.15) is 0 Å². The molecule has 1 fully saturated rings. The van der Waals surface area contributed by atoms with Crippen LogP contribution in [0.25, 0.3) is 0 Å². The molecule has 0 heterocycles. The number of carbonyl (C=O) groups excluding carboxylic acids is 1. The fourth-order valence-electron chi connectivity index (χ4n) is 3.42. The van der Waals surface area contributed by atoms with E-state index in [1.165, 1.54) is 19.3 Å². The van der Waals surface area contributed by atoms with Crippen molar-refractivity contribution in [2.45, 2.75) is 91.1 Å². The minimum absolute atomic E-state index is 0.0920. The van der Waals surface area contributed by atoms with E-state index >= 15 is 0 Å². The minimum Gasteiger partial charge on any atom is -0.460 e. The highest BCUT2D eigenvalue weighted by molar-refractivity contribution is 5.79. The molecule has 6 nitrogen and oxygen atoms in total. The van der Waals surface area contributed by atoms with Crippen LogP contribution in [0.2, 0.25) is 0 Å². The van der Waals surface area contributed by atoms with Crippen molar-refractivity contribution in [1.29, 1.82) is 0 Å². The molecule has 0 spiro atoms. The van der Waals surface area contributed by atoms with Crippen LogP contribution in [0.3, 0.4) is 0 Å². The molecule has 1 aliphatic carbocycles. The summed E-state index contributed by atoms with van der Waals surface area (Å²) in [6.07, 6.45) is 9.57. The third kappa shape index (κ3) is 10.9. The Labute approximate surface area is 172 Å². The number of aliphatic imine (C=N–C) groups is 1. The summed E-state index contributed by atoms with van der Waals surface area (Å²) in [6, 6.07) is 0. The van der Waals surface area contributed by atoms with Crippen molar-refractivity contribution in [2.24, 2.45) is 10.4 Å². The molecule has 164 valence electrons. The van der Waals surface area contributed by atoms with E-state index in [4.69, 9.17) is 14.5 Å². The van der Waals surface area contributed by atoms with Gasteiger partial charge in [-0.1, -0.05) is 19.3 Å². The monoisotopic (exact) mass is 397 g/mol. The lowest BCUT2D eigenvalue weighted by molar-refractivity contribution is -0.154. The van der Waals surface area contributed by atoms with Gasteiger partial charge in [-0.3, -0.25) is 9.79 Å². The second kappa shape index (κ2) is 13.0. The first-order valence-electron chi connectivity index (χ1n) is 11.0. The molecule has 1 saturated carbocycles. The molecule has 0 aliphatic heterocycles. The molecule has 0 aromatic rings. The number of hydrogen-bond acceptors (Lipinski definition) is 4. The maximum atomic E-state index is 11.7. The first-order chi connectivity index (χ1) is 13.3. The summed E-state index contributed by atoms with van der Waals surface area (Å²) in [6.45, 7) is 11.3. The molecule has 6 heteroatoms. The van der Waals surface area contributed by atoms with Crippen molar-refractivity contribution >= 4 is 11.9 Å². The number of carbonyl (C=O) groups is 1. The molecule has 0 saturated heterocycles. The number of esters is 1. The molecule has 0 atom stereocenters. The van der Waals surface area contributed by atoms with Gasteiger partial charge in [-0.25, -0.2) is 0 Å². The molecule has 0 unspecified atom stereocenters. The van der Waals surface area contributed by atoms with Gasteiger partial charge in [0.1, 0.15) is 5.60 Å². The smallest absolute Gasteiger partial charge is 0.306 e. The van der Waals surface area contributed by atoms with Gasteiger partial charge in [0.25, 0.3) is 0 Å². The van der Waals surface area contributed by atoms with Crippen molar-refractivity contribution in [3.63, 3.8) is 0 Å². The summed E-state index contributed by atoms with van der Waals surface area (Å²) in [5, 5.41) is 6.79. The number of ether oxygens (including phenoxy) is 2. The van der Waals surface area contributed by atoms with E-state index in [0.717, 1.165) is 64.3 Å². The van der Waals surface area contributed by atoms with Crippen LogP contribution in [0.4, 0.5) is 0 Å². The van der Waals surface area contributed by atoms with Gasteiger partial charge >= 0.3 is 5.97 Å². The topological polar surface area (TPSA) is 72.0 Å². The standard InChI is InChI=1S/C22H43N3O3/c1-6-23-20(25-18-22(13-11-14-22)15-17-27-5)24-16-10-8-7-9-12-19(26)28-21(2,3)4/h6-18H2,1-5H3,(H2,23,24,25). The lowest BCUT2D eigenvalue weighted by Gasteiger charge is -2.40. The van der Waals surface area contributed by atoms with E-state index in [9.17, 15) is 4.79 Å². The average Bonchev–Trinajstić information content (AvgIpc) is 2.58. The second-order valence-corrected chi connectivity index (χ2v) is 8.97. The third-order valence-electron chi connectivity index (χ3n) is 5.19. The van der Waals surface area contributed by atoms with E-state index < -0.39 is 0 Å². The Morgan fingerprint density at radius 1 is 1.11 bits per heavy atom. The van der Waals surface area contributed by atoms with Gasteiger partial charge in [0.05, 0.1) is 0 Å². The maximum Gasteiger partial charge on any atom is 0.306 e. The zero-order chi connectivity index (χ0) is 20.9. The van der Waals surface area contributed by atoms with Gasteiger partial charge in [0.15, 0.2) is 5.96 Å². The van der Waals surface area contributed by atoms with Crippen LogP contribution in [0.15, 0.2) is 4.99 Å². The number of guanidine groups is 1. The SMILES string of the molecule is CCNC(=NCC1(CCOC)CCC1)NCCCCCCC(=O)OC(C)(C)C. The Morgan fingerprint density at radius 3 is 2.39 bits per heavy atom. The molecular formula is C22H43N3O3. The van der Waals surface area contributed by atoms with Crippen molar-refractivity contribution in [3.05, 3.63) is 0 Å². The molecule has 0 aromatic heterocycles. The molecule has 0 bridgehead atoms. The van der Waals surface area contributed by atoms with Crippen molar-refractivity contribution in [2.75, 3.05) is 33.4 Å². The van der Waals surface area contributed by atoms with Crippen LogP contribution in [0.5, 0.6) is 0 Å². The Hall–Kier alpha value is -1.30.